The molecule has 30 heavy (non-hydrogen) atoms. The number of anilines is 1. The average molecular weight is 452 g/mol. The zero-order chi connectivity index (χ0) is 21.5. The van der Waals surface area contributed by atoms with E-state index in [1.54, 1.807) is 30.3 Å². The summed E-state index contributed by atoms with van der Waals surface area (Å²) in [5.74, 6) is -0.852. The van der Waals surface area contributed by atoms with Gasteiger partial charge >= 0.3 is 6.18 Å². The lowest BCUT2D eigenvalue weighted by molar-refractivity contribution is -0.142. The molecule has 6 nitrogen and oxygen atoms in total. The Morgan fingerprint density at radius 1 is 1.07 bits per heavy atom. The van der Waals surface area contributed by atoms with Crippen molar-refractivity contribution in [2.24, 2.45) is 0 Å². The third-order valence-corrected chi connectivity index (χ3v) is 4.76. The van der Waals surface area contributed by atoms with Crippen molar-refractivity contribution < 1.29 is 18.0 Å². The lowest BCUT2D eigenvalue weighted by atomic mass is 10.1. The SMILES string of the molecule is O=C(Nc1cccnc1Cl)c1nn2c(C(F)(F)F)cc(-c3ccccc3)nc2c1Cl. The Labute approximate surface area is 177 Å². The molecule has 0 aliphatic heterocycles. The van der Waals surface area contributed by atoms with Crippen LogP contribution < -0.4 is 5.32 Å². The molecule has 4 aromatic rings. The van der Waals surface area contributed by atoms with Crippen molar-refractivity contribution in [3.05, 3.63) is 76.3 Å². The second-order valence-corrected chi connectivity index (χ2v) is 6.82. The number of benzene rings is 1. The lowest BCUT2D eigenvalue weighted by Gasteiger charge is -2.11. The fourth-order valence-electron chi connectivity index (χ4n) is 2.76. The summed E-state index contributed by atoms with van der Waals surface area (Å²) in [4.78, 5) is 20.6. The molecule has 0 spiro atoms. The number of aromatic nitrogens is 4. The predicted octanol–water partition coefficient (Wildman–Crippen LogP) is 5.37. The molecule has 0 saturated carbocycles. The molecule has 0 unspecified atom stereocenters. The minimum absolute atomic E-state index is 0.00575. The summed E-state index contributed by atoms with van der Waals surface area (Å²) in [5, 5.41) is 5.88. The summed E-state index contributed by atoms with van der Waals surface area (Å²) in [6, 6.07) is 12.1. The first-order chi connectivity index (χ1) is 14.3. The van der Waals surface area contributed by atoms with E-state index in [0.29, 0.717) is 10.1 Å². The van der Waals surface area contributed by atoms with Crippen LogP contribution >= 0.6 is 23.2 Å². The van der Waals surface area contributed by atoms with Gasteiger partial charge < -0.3 is 5.32 Å². The number of carbonyl (C=O) groups excluding carboxylic acids is 1. The van der Waals surface area contributed by atoms with Crippen LogP contribution in [-0.2, 0) is 6.18 Å². The number of hydrogen-bond acceptors (Lipinski definition) is 4. The molecule has 0 atom stereocenters. The molecule has 152 valence electrons. The van der Waals surface area contributed by atoms with Gasteiger partial charge in [0.2, 0.25) is 0 Å². The van der Waals surface area contributed by atoms with Crippen molar-refractivity contribution in [1.82, 2.24) is 19.6 Å². The van der Waals surface area contributed by atoms with Crippen molar-refractivity contribution in [1.29, 1.82) is 0 Å². The van der Waals surface area contributed by atoms with Gasteiger partial charge in [0.25, 0.3) is 5.91 Å². The highest BCUT2D eigenvalue weighted by Crippen LogP contribution is 2.34. The molecular weight excluding hydrogens is 442 g/mol. The van der Waals surface area contributed by atoms with Crippen LogP contribution in [0.2, 0.25) is 10.2 Å². The summed E-state index contributed by atoms with van der Waals surface area (Å²) in [7, 11) is 0. The van der Waals surface area contributed by atoms with E-state index in [4.69, 9.17) is 23.2 Å². The smallest absolute Gasteiger partial charge is 0.318 e. The third kappa shape index (κ3) is 3.69. The van der Waals surface area contributed by atoms with Crippen LogP contribution in [0.25, 0.3) is 16.9 Å². The molecule has 0 bridgehead atoms. The maximum absolute atomic E-state index is 13.7. The van der Waals surface area contributed by atoms with Gasteiger partial charge in [-0.25, -0.2) is 14.5 Å². The van der Waals surface area contributed by atoms with Crippen LogP contribution in [0.1, 0.15) is 16.2 Å². The number of nitrogens with zero attached hydrogens (tertiary/aromatic N) is 4. The number of hydrogen-bond donors (Lipinski definition) is 1. The number of nitrogens with one attached hydrogen (secondary N) is 1. The van der Waals surface area contributed by atoms with Crippen molar-refractivity contribution in [3.63, 3.8) is 0 Å². The molecule has 1 aromatic carbocycles. The first kappa shape index (κ1) is 20.1. The molecule has 0 aliphatic rings. The maximum Gasteiger partial charge on any atom is 0.433 e. The molecule has 11 heteroatoms. The van der Waals surface area contributed by atoms with Gasteiger partial charge in [0.1, 0.15) is 5.02 Å². The van der Waals surface area contributed by atoms with Gasteiger partial charge in [-0.2, -0.15) is 18.3 Å². The fourth-order valence-corrected chi connectivity index (χ4v) is 3.17. The van der Waals surface area contributed by atoms with Crippen LogP contribution in [0.4, 0.5) is 18.9 Å². The van der Waals surface area contributed by atoms with Gasteiger partial charge in [-0.1, -0.05) is 53.5 Å². The summed E-state index contributed by atoms with van der Waals surface area (Å²) in [6.45, 7) is 0. The van der Waals surface area contributed by atoms with E-state index in [9.17, 15) is 18.0 Å². The highest BCUT2D eigenvalue weighted by molar-refractivity contribution is 6.37. The molecule has 3 aromatic heterocycles. The molecule has 0 fully saturated rings. The van der Waals surface area contributed by atoms with Crippen LogP contribution in [0, 0.1) is 0 Å². The van der Waals surface area contributed by atoms with Gasteiger partial charge in [-0.15, -0.1) is 0 Å². The Bertz CT molecular complexity index is 1260. The van der Waals surface area contributed by atoms with Gasteiger partial charge in [0.15, 0.2) is 22.2 Å². The number of alkyl halides is 3. The second kappa shape index (κ2) is 7.58. The summed E-state index contributed by atoms with van der Waals surface area (Å²) >= 11 is 12.1. The van der Waals surface area contributed by atoms with Gasteiger partial charge in [0, 0.05) is 11.8 Å². The van der Waals surface area contributed by atoms with Crippen molar-refractivity contribution in [2.75, 3.05) is 5.32 Å². The molecule has 0 aliphatic carbocycles. The number of halogens is 5. The van der Waals surface area contributed by atoms with E-state index in [-0.39, 0.29) is 27.2 Å². The largest absolute Gasteiger partial charge is 0.433 e. The maximum atomic E-state index is 13.7. The molecule has 1 N–H and O–H groups in total. The van der Waals surface area contributed by atoms with Crippen LogP contribution in [0.5, 0.6) is 0 Å². The number of fused-ring (bicyclic) bond motifs is 1. The molecule has 1 amide bonds. The fraction of sp³-hybridized carbons (Fsp3) is 0.0526. The number of rotatable bonds is 3. The van der Waals surface area contributed by atoms with Gasteiger partial charge in [0.05, 0.1) is 11.4 Å². The topological polar surface area (TPSA) is 72.2 Å². The molecule has 0 radical (unpaired) electrons. The first-order valence-electron chi connectivity index (χ1n) is 8.39. The molecule has 4 rings (SSSR count). The van der Waals surface area contributed by atoms with Crippen molar-refractivity contribution in [3.8, 4) is 11.3 Å². The second-order valence-electron chi connectivity index (χ2n) is 6.08. The third-order valence-electron chi connectivity index (χ3n) is 4.12. The Hall–Kier alpha value is -3.17. The zero-order valence-corrected chi connectivity index (χ0v) is 16.3. The minimum Gasteiger partial charge on any atom is -0.318 e. The van der Waals surface area contributed by atoms with Crippen molar-refractivity contribution in [2.45, 2.75) is 6.18 Å². The molecule has 3 heterocycles. The van der Waals surface area contributed by atoms with E-state index in [1.807, 2.05) is 0 Å². The lowest BCUT2D eigenvalue weighted by Crippen LogP contribution is -2.16. The highest BCUT2D eigenvalue weighted by Gasteiger charge is 2.36. The summed E-state index contributed by atoms with van der Waals surface area (Å²) in [6.07, 6.45) is -3.35. The predicted molar refractivity (Wildman–Crippen MR) is 106 cm³/mol. The van der Waals surface area contributed by atoms with Crippen molar-refractivity contribution >= 4 is 40.4 Å². The normalized spacial score (nSPS) is 11.6. The Balaban J connectivity index is 1.86. The van der Waals surface area contributed by atoms with Gasteiger partial charge in [-0.05, 0) is 18.2 Å². The van der Waals surface area contributed by atoms with Crippen LogP contribution in [0.3, 0.4) is 0 Å². The van der Waals surface area contributed by atoms with E-state index in [0.717, 1.165) is 6.07 Å². The first-order valence-corrected chi connectivity index (χ1v) is 9.15. The minimum atomic E-state index is -4.76. The zero-order valence-electron chi connectivity index (χ0n) is 14.8. The standard InChI is InChI=1S/C19H10Cl2F3N5O/c20-14-15(18(30)27-11-7-4-8-25-16(11)21)28-29-13(19(22,23)24)9-12(26-17(14)29)10-5-2-1-3-6-10/h1-9H,(H,27,30). The molecule has 0 saturated heterocycles. The van der Waals surface area contributed by atoms with E-state index in [2.05, 4.69) is 20.4 Å². The Kier molecular flexibility index (Phi) is 5.08. The number of amides is 1. The number of pyridine rings is 1. The monoisotopic (exact) mass is 451 g/mol. The highest BCUT2D eigenvalue weighted by atomic mass is 35.5. The Morgan fingerprint density at radius 2 is 1.80 bits per heavy atom. The summed E-state index contributed by atoms with van der Waals surface area (Å²) in [5.41, 5.74) is -1.19. The van der Waals surface area contributed by atoms with E-state index < -0.39 is 23.5 Å². The quantitative estimate of drug-likeness (QED) is 0.425. The van der Waals surface area contributed by atoms with E-state index in [1.165, 1.54) is 18.3 Å². The summed E-state index contributed by atoms with van der Waals surface area (Å²) < 4.78 is 41.6. The van der Waals surface area contributed by atoms with Crippen LogP contribution in [-0.4, -0.2) is 25.5 Å². The van der Waals surface area contributed by atoms with Gasteiger partial charge in [-0.3, -0.25) is 4.79 Å². The number of carbonyl (C=O) groups is 1. The Morgan fingerprint density at radius 3 is 2.47 bits per heavy atom. The van der Waals surface area contributed by atoms with E-state index >= 15 is 0 Å². The van der Waals surface area contributed by atoms with Crippen LogP contribution in [0.15, 0.2) is 54.7 Å². The average Bonchev–Trinajstić information content (AvgIpc) is 3.05. The molecular formula is C19H10Cl2F3N5O.